The van der Waals surface area contributed by atoms with E-state index in [1.54, 1.807) is 20.8 Å². The molecule has 9 heteroatoms. The smallest absolute Gasteiger partial charge is 0.253 e. The lowest BCUT2D eigenvalue weighted by atomic mass is 9.95. The minimum absolute atomic E-state index is 0.0498. The number of hydrogen-bond acceptors (Lipinski definition) is 5. The summed E-state index contributed by atoms with van der Waals surface area (Å²) in [6, 6.07) is 3.08. The standard InChI is InChI=1S/C18H25FN4O4/c1-18(2,3)17(26)22-14(9-20)16(25)21-13-5-4-11(8-12(13)19)23-6-7-27-10-15(23)24/h4-5,8,14H,6-7,9-10,20H2,1-3H3,(H,21,25)(H,22,26)/t14-/m1/s1. The first kappa shape index (κ1) is 20.8. The van der Waals surface area contributed by atoms with Gasteiger partial charge in [-0.1, -0.05) is 20.8 Å². The maximum atomic E-state index is 14.4. The number of rotatable bonds is 5. The number of ether oxygens (including phenoxy) is 1. The number of halogens is 1. The zero-order chi connectivity index (χ0) is 20.2. The number of amides is 3. The van der Waals surface area contributed by atoms with Gasteiger partial charge in [0.15, 0.2) is 0 Å². The van der Waals surface area contributed by atoms with Crippen molar-refractivity contribution in [3.63, 3.8) is 0 Å². The van der Waals surface area contributed by atoms with Gasteiger partial charge in [0.2, 0.25) is 11.8 Å². The van der Waals surface area contributed by atoms with Gasteiger partial charge >= 0.3 is 0 Å². The molecule has 1 atom stereocenters. The molecule has 0 bridgehead atoms. The lowest BCUT2D eigenvalue weighted by Crippen LogP contribution is -2.51. The van der Waals surface area contributed by atoms with Crippen molar-refractivity contribution in [2.24, 2.45) is 11.1 Å². The van der Waals surface area contributed by atoms with E-state index in [2.05, 4.69) is 10.6 Å². The van der Waals surface area contributed by atoms with Crippen LogP contribution < -0.4 is 21.3 Å². The van der Waals surface area contributed by atoms with Crippen LogP contribution in [0.15, 0.2) is 18.2 Å². The summed E-state index contributed by atoms with van der Waals surface area (Å²) < 4.78 is 19.5. The summed E-state index contributed by atoms with van der Waals surface area (Å²) in [7, 11) is 0. The molecule has 2 rings (SSSR count). The highest BCUT2D eigenvalue weighted by molar-refractivity contribution is 5.99. The van der Waals surface area contributed by atoms with Gasteiger partial charge in [-0.25, -0.2) is 4.39 Å². The van der Waals surface area contributed by atoms with Gasteiger partial charge in [-0.05, 0) is 18.2 Å². The van der Waals surface area contributed by atoms with Crippen molar-refractivity contribution in [1.82, 2.24) is 5.32 Å². The van der Waals surface area contributed by atoms with E-state index >= 15 is 0 Å². The van der Waals surface area contributed by atoms with Crippen LogP contribution in [0.3, 0.4) is 0 Å². The van der Waals surface area contributed by atoms with Gasteiger partial charge < -0.3 is 26.0 Å². The van der Waals surface area contributed by atoms with E-state index < -0.39 is 23.2 Å². The third kappa shape index (κ3) is 5.24. The molecule has 0 radical (unpaired) electrons. The minimum atomic E-state index is -0.989. The Hall–Kier alpha value is -2.52. The average Bonchev–Trinajstić information content (AvgIpc) is 2.60. The van der Waals surface area contributed by atoms with Crippen molar-refractivity contribution in [1.29, 1.82) is 0 Å². The molecular formula is C18H25FN4O4. The monoisotopic (exact) mass is 380 g/mol. The molecule has 0 spiro atoms. The highest BCUT2D eigenvalue weighted by Gasteiger charge is 2.27. The van der Waals surface area contributed by atoms with Crippen molar-refractivity contribution in [3.8, 4) is 0 Å². The Bertz CT molecular complexity index is 733. The van der Waals surface area contributed by atoms with Crippen molar-refractivity contribution in [3.05, 3.63) is 24.0 Å². The number of morpholine rings is 1. The average molecular weight is 380 g/mol. The number of carbonyl (C=O) groups excluding carboxylic acids is 3. The Morgan fingerprint density at radius 3 is 2.63 bits per heavy atom. The fourth-order valence-electron chi connectivity index (χ4n) is 2.39. The molecule has 1 aromatic rings. The summed E-state index contributed by atoms with van der Waals surface area (Å²) in [6.45, 7) is 5.65. The first-order chi connectivity index (χ1) is 12.6. The maximum Gasteiger partial charge on any atom is 0.253 e. The summed E-state index contributed by atoms with van der Waals surface area (Å²) in [5, 5.41) is 4.97. The Morgan fingerprint density at radius 2 is 2.07 bits per heavy atom. The van der Waals surface area contributed by atoms with Gasteiger partial charge in [0.25, 0.3) is 5.91 Å². The maximum absolute atomic E-state index is 14.4. The molecular weight excluding hydrogens is 355 g/mol. The molecule has 1 fully saturated rings. The first-order valence-electron chi connectivity index (χ1n) is 8.63. The van der Waals surface area contributed by atoms with Crippen LogP contribution in [0, 0.1) is 11.2 Å². The number of anilines is 2. The van der Waals surface area contributed by atoms with E-state index in [1.807, 2.05) is 0 Å². The number of benzene rings is 1. The lowest BCUT2D eigenvalue weighted by Gasteiger charge is -2.27. The van der Waals surface area contributed by atoms with Gasteiger partial charge in [-0.15, -0.1) is 0 Å². The predicted octanol–water partition coefficient (Wildman–Crippen LogP) is 0.617. The Morgan fingerprint density at radius 1 is 1.37 bits per heavy atom. The van der Waals surface area contributed by atoms with Gasteiger partial charge in [0.05, 0.1) is 12.3 Å². The van der Waals surface area contributed by atoms with Crippen LogP contribution in [0.25, 0.3) is 0 Å². The number of carbonyl (C=O) groups is 3. The predicted molar refractivity (Wildman–Crippen MR) is 98.6 cm³/mol. The Labute approximate surface area is 157 Å². The largest absolute Gasteiger partial charge is 0.370 e. The number of nitrogens with two attached hydrogens (primary N) is 1. The van der Waals surface area contributed by atoms with Crippen molar-refractivity contribution in [2.75, 3.05) is 36.5 Å². The molecule has 0 aromatic heterocycles. The molecule has 4 N–H and O–H groups in total. The molecule has 0 aliphatic carbocycles. The van der Waals surface area contributed by atoms with Crippen LogP contribution in [0.2, 0.25) is 0 Å². The molecule has 3 amide bonds. The topological polar surface area (TPSA) is 114 Å². The second-order valence-electron chi connectivity index (χ2n) is 7.26. The fourth-order valence-corrected chi connectivity index (χ4v) is 2.39. The second kappa shape index (κ2) is 8.45. The third-order valence-electron chi connectivity index (χ3n) is 4.05. The highest BCUT2D eigenvalue weighted by atomic mass is 19.1. The van der Waals surface area contributed by atoms with Gasteiger partial charge in [0.1, 0.15) is 18.5 Å². The van der Waals surface area contributed by atoms with Crippen molar-refractivity contribution < 1.29 is 23.5 Å². The Balaban J connectivity index is 2.08. The van der Waals surface area contributed by atoms with Crippen molar-refractivity contribution >= 4 is 29.1 Å². The van der Waals surface area contributed by atoms with Crippen LogP contribution in [0.1, 0.15) is 20.8 Å². The number of nitrogens with one attached hydrogen (secondary N) is 2. The fraction of sp³-hybridized carbons (Fsp3) is 0.500. The molecule has 1 aliphatic rings. The van der Waals surface area contributed by atoms with E-state index in [4.69, 9.17) is 10.5 Å². The van der Waals surface area contributed by atoms with Crippen molar-refractivity contribution in [2.45, 2.75) is 26.8 Å². The molecule has 148 valence electrons. The molecule has 0 saturated carbocycles. The normalized spacial score (nSPS) is 16.0. The van der Waals surface area contributed by atoms with E-state index in [0.29, 0.717) is 18.8 Å². The van der Waals surface area contributed by atoms with Crippen LogP contribution in [0.5, 0.6) is 0 Å². The summed E-state index contributed by atoms with van der Waals surface area (Å²) in [5.41, 5.74) is 5.20. The van der Waals surface area contributed by atoms with Gasteiger partial charge in [0, 0.05) is 24.2 Å². The molecule has 8 nitrogen and oxygen atoms in total. The number of hydrogen-bond donors (Lipinski definition) is 3. The van der Waals surface area contributed by atoms with Crippen LogP contribution in [-0.4, -0.2) is 50.1 Å². The van der Waals surface area contributed by atoms with Gasteiger partial charge in [-0.3, -0.25) is 14.4 Å². The van der Waals surface area contributed by atoms with E-state index in [1.165, 1.54) is 23.1 Å². The van der Waals surface area contributed by atoms with Crippen LogP contribution >= 0.6 is 0 Å². The zero-order valence-electron chi connectivity index (χ0n) is 15.7. The zero-order valence-corrected chi connectivity index (χ0v) is 15.7. The first-order valence-corrected chi connectivity index (χ1v) is 8.63. The van der Waals surface area contributed by atoms with Crippen LogP contribution in [-0.2, 0) is 19.1 Å². The summed E-state index contributed by atoms with van der Waals surface area (Å²) in [4.78, 5) is 37.6. The Kier molecular flexibility index (Phi) is 6.50. The summed E-state index contributed by atoms with van der Waals surface area (Å²) in [5.74, 6) is -1.91. The number of nitrogens with zero attached hydrogens (tertiary/aromatic N) is 1. The van der Waals surface area contributed by atoms with E-state index in [9.17, 15) is 18.8 Å². The van der Waals surface area contributed by atoms with Crippen LogP contribution in [0.4, 0.5) is 15.8 Å². The minimum Gasteiger partial charge on any atom is -0.370 e. The quantitative estimate of drug-likeness (QED) is 0.693. The molecule has 1 heterocycles. The van der Waals surface area contributed by atoms with Gasteiger partial charge in [-0.2, -0.15) is 0 Å². The third-order valence-corrected chi connectivity index (χ3v) is 4.05. The molecule has 1 saturated heterocycles. The highest BCUT2D eigenvalue weighted by Crippen LogP contribution is 2.23. The van der Waals surface area contributed by atoms with E-state index in [0.717, 1.165) is 0 Å². The summed E-state index contributed by atoms with van der Waals surface area (Å²) in [6.07, 6.45) is 0. The molecule has 1 aliphatic heterocycles. The SMILES string of the molecule is CC(C)(C)C(=O)N[C@H](CN)C(=O)Nc1ccc(N2CCOCC2=O)cc1F. The summed E-state index contributed by atoms with van der Waals surface area (Å²) >= 11 is 0. The van der Waals surface area contributed by atoms with E-state index in [-0.39, 0.29) is 30.7 Å². The second-order valence-corrected chi connectivity index (χ2v) is 7.26. The molecule has 0 unspecified atom stereocenters. The molecule has 27 heavy (non-hydrogen) atoms. The lowest BCUT2D eigenvalue weighted by molar-refractivity contribution is -0.131. The molecule has 1 aromatic carbocycles.